The van der Waals surface area contributed by atoms with Crippen LogP contribution in [0.15, 0.2) is 29.5 Å². The number of likely N-dealkylation sites (N-methyl/N-ethyl adjacent to an activating group) is 1. The maximum absolute atomic E-state index is 13.0. The molecule has 0 spiro atoms. The van der Waals surface area contributed by atoms with Crippen molar-refractivity contribution in [3.63, 3.8) is 0 Å². The van der Waals surface area contributed by atoms with E-state index in [-0.39, 0.29) is 18.0 Å². The Bertz CT molecular complexity index is 747. The molecule has 2 atom stereocenters. The van der Waals surface area contributed by atoms with Gasteiger partial charge in [-0.2, -0.15) is 0 Å². The first-order valence-electron chi connectivity index (χ1n) is 7.88. The molecule has 0 unspecified atom stereocenters. The smallest absolute Gasteiger partial charge is 0.322 e. The van der Waals surface area contributed by atoms with Crippen LogP contribution in [0.25, 0.3) is 0 Å². The predicted octanol–water partition coefficient (Wildman–Crippen LogP) is 3.58. The average Bonchev–Trinajstić information content (AvgIpc) is 2.91. The second-order valence-electron chi connectivity index (χ2n) is 6.14. The maximum Gasteiger partial charge on any atom is 0.322 e. The van der Waals surface area contributed by atoms with Crippen LogP contribution in [0, 0.1) is 0 Å². The molecular formula is C17H19Cl2N3O2. The predicted molar refractivity (Wildman–Crippen MR) is 94.0 cm³/mol. The standard InChI is InChI=1S/C17H19Cl2N3O2/c1-4-9(2)22-8-12-13(16(22)23)15(20-17(24)21(12)3)10-6-5-7-11(18)14(10)19/h5-7,9,15H,4,8H2,1-3H3,(H,20,24)/t9-,15-/m0/s1. The van der Waals surface area contributed by atoms with Gasteiger partial charge in [0, 0.05) is 13.1 Å². The van der Waals surface area contributed by atoms with Crippen molar-refractivity contribution in [1.29, 1.82) is 0 Å². The van der Waals surface area contributed by atoms with Gasteiger partial charge in [0.2, 0.25) is 0 Å². The molecule has 1 N–H and O–H groups in total. The molecule has 2 heterocycles. The van der Waals surface area contributed by atoms with E-state index in [2.05, 4.69) is 5.32 Å². The van der Waals surface area contributed by atoms with E-state index in [1.165, 1.54) is 4.90 Å². The number of carbonyl (C=O) groups excluding carboxylic acids is 2. The van der Waals surface area contributed by atoms with Crippen LogP contribution in [0.4, 0.5) is 4.79 Å². The number of halogens is 2. The number of benzene rings is 1. The number of carbonyl (C=O) groups is 2. The Kier molecular flexibility index (Phi) is 4.49. The molecule has 1 aromatic rings. The summed E-state index contributed by atoms with van der Waals surface area (Å²) < 4.78 is 0. The third kappa shape index (κ3) is 2.56. The minimum absolute atomic E-state index is 0.0627. The van der Waals surface area contributed by atoms with Crippen LogP contribution in [0.3, 0.4) is 0 Å². The Morgan fingerprint density at radius 2 is 2.04 bits per heavy atom. The number of hydrogen-bond donors (Lipinski definition) is 1. The summed E-state index contributed by atoms with van der Waals surface area (Å²) in [5, 5.41) is 3.62. The van der Waals surface area contributed by atoms with Crippen LogP contribution in [0.2, 0.25) is 10.0 Å². The minimum atomic E-state index is -0.587. The van der Waals surface area contributed by atoms with Crippen molar-refractivity contribution in [2.75, 3.05) is 13.6 Å². The van der Waals surface area contributed by atoms with Crippen LogP contribution in [0.5, 0.6) is 0 Å². The Morgan fingerprint density at radius 1 is 1.33 bits per heavy atom. The molecule has 0 aromatic heterocycles. The van der Waals surface area contributed by atoms with E-state index in [0.717, 1.165) is 12.1 Å². The van der Waals surface area contributed by atoms with Crippen LogP contribution in [-0.4, -0.2) is 41.4 Å². The number of urea groups is 1. The summed E-state index contributed by atoms with van der Waals surface area (Å²) in [5.74, 6) is -0.0627. The number of nitrogens with one attached hydrogen (secondary N) is 1. The lowest BCUT2D eigenvalue weighted by molar-refractivity contribution is -0.127. The molecule has 128 valence electrons. The van der Waals surface area contributed by atoms with Gasteiger partial charge < -0.3 is 10.2 Å². The molecule has 0 radical (unpaired) electrons. The third-order valence-corrected chi connectivity index (χ3v) is 5.64. The van der Waals surface area contributed by atoms with Crippen molar-refractivity contribution in [2.24, 2.45) is 0 Å². The molecule has 5 nitrogen and oxygen atoms in total. The van der Waals surface area contributed by atoms with E-state index in [0.29, 0.717) is 27.7 Å². The fourth-order valence-corrected chi connectivity index (χ4v) is 3.56. The SMILES string of the molecule is CC[C@H](C)N1CC2=C(C1=O)[C@H](c1cccc(Cl)c1Cl)NC(=O)N2C. The van der Waals surface area contributed by atoms with E-state index < -0.39 is 6.04 Å². The number of amides is 3. The molecule has 0 saturated heterocycles. The number of hydrogen-bond acceptors (Lipinski definition) is 2. The van der Waals surface area contributed by atoms with E-state index in [9.17, 15) is 9.59 Å². The lowest BCUT2D eigenvalue weighted by atomic mass is 9.95. The molecule has 1 aromatic carbocycles. The third-order valence-electron chi connectivity index (χ3n) is 4.80. The molecule has 7 heteroatoms. The van der Waals surface area contributed by atoms with Gasteiger partial charge in [-0.3, -0.25) is 9.69 Å². The molecular weight excluding hydrogens is 349 g/mol. The summed E-state index contributed by atoms with van der Waals surface area (Å²) in [6.07, 6.45) is 0.847. The Morgan fingerprint density at radius 3 is 2.71 bits per heavy atom. The van der Waals surface area contributed by atoms with Crippen LogP contribution < -0.4 is 5.32 Å². The van der Waals surface area contributed by atoms with E-state index in [1.807, 2.05) is 13.8 Å². The molecule has 0 bridgehead atoms. The lowest BCUT2D eigenvalue weighted by Gasteiger charge is -2.31. The van der Waals surface area contributed by atoms with Gasteiger partial charge in [0.05, 0.1) is 33.9 Å². The molecule has 0 aliphatic carbocycles. The summed E-state index contributed by atoms with van der Waals surface area (Å²) in [6.45, 7) is 4.47. The van der Waals surface area contributed by atoms with Gasteiger partial charge in [-0.25, -0.2) is 4.79 Å². The molecule has 2 aliphatic heterocycles. The Balaban J connectivity index is 2.09. The van der Waals surface area contributed by atoms with Gasteiger partial charge in [0.25, 0.3) is 5.91 Å². The van der Waals surface area contributed by atoms with Crippen molar-refractivity contribution in [2.45, 2.75) is 32.4 Å². The van der Waals surface area contributed by atoms with Crippen molar-refractivity contribution >= 4 is 35.1 Å². The molecule has 3 rings (SSSR count). The van der Waals surface area contributed by atoms with Crippen LogP contribution >= 0.6 is 23.2 Å². The van der Waals surface area contributed by atoms with Gasteiger partial charge in [-0.1, -0.05) is 42.3 Å². The molecule has 2 aliphatic rings. The van der Waals surface area contributed by atoms with E-state index >= 15 is 0 Å². The van der Waals surface area contributed by atoms with E-state index in [1.54, 1.807) is 30.1 Å². The molecule has 24 heavy (non-hydrogen) atoms. The van der Waals surface area contributed by atoms with Crippen LogP contribution in [0.1, 0.15) is 31.9 Å². The molecule has 3 amide bonds. The summed E-state index contributed by atoms with van der Waals surface area (Å²) in [6, 6.07) is 4.49. The maximum atomic E-state index is 13.0. The highest BCUT2D eigenvalue weighted by Gasteiger charge is 2.44. The van der Waals surface area contributed by atoms with Gasteiger partial charge in [-0.15, -0.1) is 0 Å². The summed E-state index contributed by atoms with van der Waals surface area (Å²) >= 11 is 12.4. The first-order valence-corrected chi connectivity index (χ1v) is 8.64. The Hall–Kier alpha value is -1.72. The largest absolute Gasteiger partial charge is 0.330 e. The second-order valence-corrected chi connectivity index (χ2v) is 6.92. The average molecular weight is 368 g/mol. The summed E-state index contributed by atoms with van der Waals surface area (Å²) in [4.78, 5) is 28.6. The van der Waals surface area contributed by atoms with Gasteiger partial charge in [0.15, 0.2) is 0 Å². The highest BCUT2D eigenvalue weighted by Crippen LogP contribution is 2.40. The number of nitrogens with zero attached hydrogens (tertiary/aromatic N) is 2. The monoisotopic (exact) mass is 367 g/mol. The quantitative estimate of drug-likeness (QED) is 0.887. The normalized spacial score (nSPS) is 22.0. The van der Waals surface area contributed by atoms with Crippen molar-refractivity contribution in [1.82, 2.24) is 15.1 Å². The van der Waals surface area contributed by atoms with E-state index in [4.69, 9.17) is 23.2 Å². The minimum Gasteiger partial charge on any atom is -0.330 e. The summed E-state index contributed by atoms with van der Waals surface area (Å²) in [7, 11) is 1.67. The summed E-state index contributed by atoms with van der Waals surface area (Å²) in [5.41, 5.74) is 1.93. The topological polar surface area (TPSA) is 52.7 Å². The van der Waals surface area contributed by atoms with Crippen molar-refractivity contribution < 1.29 is 9.59 Å². The lowest BCUT2D eigenvalue weighted by Crippen LogP contribution is -2.45. The number of rotatable bonds is 3. The van der Waals surface area contributed by atoms with Gasteiger partial charge in [-0.05, 0) is 25.0 Å². The molecule has 0 fully saturated rings. The molecule has 0 saturated carbocycles. The second kappa shape index (κ2) is 6.30. The fourth-order valence-electron chi connectivity index (χ4n) is 3.14. The first-order chi connectivity index (χ1) is 11.4. The highest BCUT2D eigenvalue weighted by molar-refractivity contribution is 6.42. The van der Waals surface area contributed by atoms with Gasteiger partial charge >= 0.3 is 6.03 Å². The zero-order chi connectivity index (χ0) is 17.6. The highest BCUT2D eigenvalue weighted by atomic mass is 35.5. The zero-order valence-electron chi connectivity index (χ0n) is 13.8. The van der Waals surface area contributed by atoms with Crippen LogP contribution in [-0.2, 0) is 4.79 Å². The van der Waals surface area contributed by atoms with Crippen molar-refractivity contribution in [3.05, 3.63) is 45.1 Å². The first kappa shape index (κ1) is 17.1. The fraction of sp³-hybridized carbons (Fsp3) is 0.412. The van der Waals surface area contributed by atoms with Gasteiger partial charge in [0.1, 0.15) is 0 Å². The Labute approximate surface area is 151 Å². The van der Waals surface area contributed by atoms with Crippen molar-refractivity contribution in [3.8, 4) is 0 Å². The zero-order valence-corrected chi connectivity index (χ0v) is 15.3.